The van der Waals surface area contributed by atoms with Crippen molar-refractivity contribution in [3.05, 3.63) is 0 Å². The highest BCUT2D eigenvalue weighted by Gasteiger charge is 2.05. The van der Waals surface area contributed by atoms with Crippen molar-refractivity contribution in [2.75, 3.05) is 11.5 Å². The Hall–Kier alpha value is -0.380. The maximum atomic E-state index is 11.0. The predicted molar refractivity (Wildman–Crippen MR) is 48.9 cm³/mol. The molecule has 3 nitrogen and oxygen atoms in total. The van der Waals surface area contributed by atoms with Crippen LogP contribution in [0.25, 0.3) is 0 Å². The summed E-state index contributed by atoms with van der Waals surface area (Å²) in [7, 11) is -2.80. The van der Waals surface area contributed by atoms with Crippen LogP contribution in [0.1, 0.15) is 32.6 Å². The number of carbonyl (C=O) groups is 1. The number of hydrogen-bond acceptors (Lipinski definition) is 3. The van der Waals surface area contributed by atoms with Crippen LogP contribution >= 0.6 is 0 Å². The first-order valence-corrected chi connectivity index (χ1v) is 6.08. The van der Waals surface area contributed by atoms with Crippen molar-refractivity contribution in [3.8, 4) is 0 Å². The highest BCUT2D eigenvalue weighted by molar-refractivity contribution is 7.91. The van der Waals surface area contributed by atoms with Crippen molar-refractivity contribution in [2.24, 2.45) is 0 Å². The van der Waals surface area contributed by atoms with Gasteiger partial charge in [-0.3, -0.25) is 0 Å². The molecule has 4 heteroatoms. The van der Waals surface area contributed by atoms with Crippen LogP contribution in [0.15, 0.2) is 0 Å². The molecular weight excluding hydrogens is 176 g/mol. The zero-order valence-corrected chi connectivity index (χ0v) is 8.27. The first-order chi connectivity index (χ1) is 5.62. The highest BCUT2D eigenvalue weighted by Crippen LogP contribution is 2.01. The minimum absolute atomic E-state index is 0.223. The molecule has 0 heterocycles. The van der Waals surface area contributed by atoms with Crippen molar-refractivity contribution in [1.82, 2.24) is 0 Å². The van der Waals surface area contributed by atoms with Crippen LogP contribution in [0.3, 0.4) is 0 Å². The van der Waals surface area contributed by atoms with Crippen molar-refractivity contribution < 1.29 is 13.2 Å². The molecule has 0 unspecified atom stereocenters. The Labute approximate surface area is 74.1 Å². The first-order valence-electron chi connectivity index (χ1n) is 4.26. The molecule has 0 saturated carbocycles. The van der Waals surface area contributed by atoms with E-state index in [2.05, 4.69) is 0 Å². The Morgan fingerprint density at radius 1 is 1.17 bits per heavy atom. The molecule has 72 valence electrons. The van der Waals surface area contributed by atoms with Gasteiger partial charge >= 0.3 is 0 Å². The molecule has 0 saturated heterocycles. The molecule has 0 rings (SSSR count). The zero-order chi connectivity index (χ0) is 9.45. The lowest BCUT2D eigenvalue weighted by atomic mass is 10.2. The molecule has 0 aromatic rings. The van der Waals surface area contributed by atoms with Crippen LogP contribution in [0.2, 0.25) is 0 Å². The third-order valence-electron chi connectivity index (χ3n) is 1.72. The Morgan fingerprint density at radius 2 is 1.83 bits per heavy atom. The van der Waals surface area contributed by atoms with E-state index in [1.165, 1.54) is 0 Å². The Balaban J connectivity index is 3.37. The van der Waals surface area contributed by atoms with Crippen LogP contribution < -0.4 is 0 Å². The second-order valence-electron chi connectivity index (χ2n) is 2.75. The number of aldehydes is 1. The molecule has 0 atom stereocenters. The molecule has 0 aliphatic rings. The van der Waals surface area contributed by atoms with E-state index in [9.17, 15) is 13.2 Å². The largest absolute Gasteiger partial charge is 0.303 e. The molecule has 0 aliphatic heterocycles. The molecule has 0 aliphatic carbocycles. The minimum Gasteiger partial charge on any atom is -0.303 e. The number of sulfone groups is 1. The van der Waals surface area contributed by atoms with Gasteiger partial charge in [-0.15, -0.1) is 0 Å². The van der Waals surface area contributed by atoms with E-state index in [4.69, 9.17) is 0 Å². The molecule has 12 heavy (non-hydrogen) atoms. The van der Waals surface area contributed by atoms with Crippen LogP contribution in [0, 0.1) is 0 Å². The standard InChI is InChI=1S/C8H16O3S/c1-2-12(10,11)8-6-4-3-5-7-9/h7H,2-6,8H2,1H3. The van der Waals surface area contributed by atoms with E-state index >= 15 is 0 Å². The molecule has 0 N–H and O–H groups in total. The SMILES string of the molecule is CCS(=O)(=O)CCCCCC=O. The lowest BCUT2D eigenvalue weighted by Gasteiger charge is -1.99. The molecule has 0 bridgehead atoms. The minimum atomic E-state index is -2.80. The first kappa shape index (κ1) is 11.6. The summed E-state index contributed by atoms with van der Waals surface area (Å²) in [6.45, 7) is 1.65. The van der Waals surface area contributed by atoms with Gasteiger partial charge in [0.05, 0.1) is 5.75 Å². The van der Waals surface area contributed by atoms with Crippen LogP contribution in [0.5, 0.6) is 0 Å². The van der Waals surface area contributed by atoms with Gasteiger partial charge in [0.2, 0.25) is 0 Å². The van der Waals surface area contributed by atoms with Crippen molar-refractivity contribution in [2.45, 2.75) is 32.6 Å². The van der Waals surface area contributed by atoms with Gasteiger partial charge in [0.15, 0.2) is 0 Å². The maximum Gasteiger partial charge on any atom is 0.150 e. The summed E-state index contributed by atoms with van der Waals surface area (Å²) in [6, 6.07) is 0. The number of rotatable bonds is 7. The van der Waals surface area contributed by atoms with Gasteiger partial charge < -0.3 is 4.79 Å². The Bertz CT molecular complexity index is 206. The number of carbonyl (C=O) groups excluding carboxylic acids is 1. The maximum absolute atomic E-state index is 11.0. The van der Waals surface area contributed by atoms with E-state index in [-0.39, 0.29) is 11.5 Å². The summed E-state index contributed by atoms with van der Waals surface area (Å²) in [5.74, 6) is 0.489. The second-order valence-corrected chi connectivity index (χ2v) is 5.23. The van der Waals surface area contributed by atoms with Crippen LogP contribution in [-0.4, -0.2) is 26.2 Å². The molecule has 0 aromatic heterocycles. The molecule has 0 radical (unpaired) electrons. The van der Waals surface area contributed by atoms with Gasteiger partial charge in [0.25, 0.3) is 0 Å². The lowest BCUT2D eigenvalue weighted by Crippen LogP contribution is -2.08. The lowest BCUT2D eigenvalue weighted by molar-refractivity contribution is -0.107. The number of hydrogen-bond donors (Lipinski definition) is 0. The van der Waals surface area contributed by atoms with E-state index in [1.54, 1.807) is 6.92 Å². The average molecular weight is 192 g/mol. The Kier molecular flexibility index (Phi) is 5.98. The summed E-state index contributed by atoms with van der Waals surface area (Å²) in [5, 5.41) is 0. The van der Waals surface area contributed by atoms with E-state index < -0.39 is 9.84 Å². The molecule has 0 spiro atoms. The third-order valence-corrected chi connectivity index (χ3v) is 3.51. The fourth-order valence-electron chi connectivity index (χ4n) is 0.871. The van der Waals surface area contributed by atoms with Crippen LogP contribution in [0.4, 0.5) is 0 Å². The summed E-state index contributed by atoms with van der Waals surface area (Å²) in [6.07, 6.45) is 3.74. The molecule has 0 amide bonds. The van der Waals surface area contributed by atoms with Gasteiger partial charge in [-0.25, -0.2) is 8.42 Å². The van der Waals surface area contributed by atoms with Crippen molar-refractivity contribution in [1.29, 1.82) is 0 Å². The number of unbranched alkanes of at least 4 members (excludes halogenated alkanes) is 3. The average Bonchev–Trinajstić information content (AvgIpc) is 2.04. The van der Waals surface area contributed by atoms with Gasteiger partial charge in [-0.2, -0.15) is 0 Å². The second kappa shape index (κ2) is 6.17. The highest BCUT2D eigenvalue weighted by atomic mass is 32.2. The van der Waals surface area contributed by atoms with Gasteiger partial charge in [0.1, 0.15) is 16.1 Å². The van der Waals surface area contributed by atoms with E-state index in [0.29, 0.717) is 12.8 Å². The summed E-state index contributed by atoms with van der Waals surface area (Å²) in [5.41, 5.74) is 0. The van der Waals surface area contributed by atoms with Gasteiger partial charge in [0, 0.05) is 12.2 Å². The molecule has 0 aromatic carbocycles. The fraction of sp³-hybridized carbons (Fsp3) is 0.875. The molecule has 0 fully saturated rings. The summed E-state index contributed by atoms with van der Waals surface area (Å²) < 4.78 is 21.9. The topological polar surface area (TPSA) is 51.2 Å². The van der Waals surface area contributed by atoms with Crippen LogP contribution in [-0.2, 0) is 14.6 Å². The normalized spacial score (nSPS) is 11.4. The van der Waals surface area contributed by atoms with Gasteiger partial charge in [-0.05, 0) is 12.8 Å². The Morgan fingerprint density at radius 3 is 2.33 bits per heavy atom. The van der Waals surface area contributed by atoms with Crippen molar-refractivity contribution >= 4 is 16.1 Å². The summed E-state index contributed by atoms with van der Waals surface area (Å²) >= 11 is 0. The predicted octanol–water partition coefficient (Wildman–Crippen LogP) is 1.18. The van der Waals surface area contributed by atoms with E-state index in [0.717, 1.165) is 19.1 Å². The third kappa shape index (κ3) is 6.34. The summed E-state index contributed by atoms with van der Waals surface area (Å²) in [4.78, 5) is 9.90. The fourth-order valence-corrected chi connectivity index (χ4v) is 1.80. The quantitative estimate of drug-likeness (QED) is 0.449. The van der Waals surface area contributed by atoms with Gasteiger partial charge in [-0.1, -0.05) is 13.3 Å². The van der Waals surface area contributed by atoms with Crippen molar-refractivity contribution in [3.63, 3.8) is 0 Å². The smallest absolute Gasteiger partial charge is 0.150 e. The molecular formula is C8H16O3S. The zero-order valence-electron chi connectivity index (χ0n) is 7.45. The van der Waals surface area contributed by atoms with E-state index in [1.807, 2.05) is 0 Å². The monoisotopic (exact) mass is 192 g/mol.